The third kappa shape index (κ3) is 4.26. The predicted octanol–water partition coefficient (Wildman–Crippen LogP) is 3.67. The number of hydrogen-bond acceptors (Lipinski definition) is 7. The number of hydrogen-bond donors (Lipinski definition) is 2. The van der Waals surface area contributed by atoms with Crippen molar-refractivity contribution < 1.29 is 14.6 Å². The molecule has 0 saturated carbocycles. The Morgan fingerprint density at radius 2 is 1.09 bits per heavy atom. The smallest absolute Gasteiger partial charge is 0.273 e. The Hall–Kier alpha value is -3.17. The zero-order valence-electron chi connectivity index (χ0n) is 17.7. The van der Waals surface area contributed by atoms with E-state index >= 15 is 0 Å². The lowest BCUT2D eigenvalue weighted by Crippen LogP contribution is -2.29. The summed E-state index contributed by atoms with van der Waals surface area (Å²) in [6.07, 6.45) is 2.78. The monoisotopic (exact) mass is 438 g/mol. The molecule has 0 aliphatic carbocycles. The van der Waals surface area contributed by atoms with Crippen LogP contribution in [0.2, 0.25) is 0 Å². The van der Waals surface area contributed by atoms with Crippen molar-refractivity contribution in [1.29, 1.82) is 0 Å². The fourth-order valence-electron chi connectivity index (χ4n) is 5.04. The normalized spacial score (nSPS) is 17.8. The average molecular weight is 438 g/mol. The van der Waals surface area contributed by atoms with Gasteiger partial charge < -0.3 is 10.6 Å². The van der Waals surface area contributed by atoms with E-state index in [2.05, 4.69) is 10.6 Å². The first kappa shape index (κ1) is 22.0. The fourth-order valence-corrected chi connectivity index (χ4v) is 5.04. The van der Waals surface area contributed by atoms with E-state index in [1.54, 1.807) is 12.1 Å². The molecule has 0 radical (unpaired) electrons. The highest BCUT2D eigenvalue weighted by Gasteiger charge is 2.33. The molecule has 0 bridgehead atoms. The predicted molar refractivity (Wildman–Crippen MR) is 119 cm³/mol. The molecule has 4 rings (SSSR count). The lowest BCUT2D eigenvalue weighted by molar-refractivity contribution is -0.385. The SMILES string of the molecule is O=C(c1cccc([N+](=O)[O-])c1C1CCNCC1)c1cccc([N+](=O)[O-])c1C1CCNCC1. The highest BCUT2D eigenvalue weighted by Crippen LogP contribution is 2.40. The maximum Gasteiger partial charge on any atom is 0.273 e. The van der Waals surface area contributed by atoms with E-state index in [1.165, 1.54) is 24.3 Å². The zero-order valence-corrected chi connectivity index (χ0v) is 17.7. The second-order valence-corrected chi connectivity index (χ2v) is 8.37. The second-order valence-electron chi connectivity index (χ2n) is 8.37. The number of rotatable bonds is 6. The van der Waals surface area contributed by atoms with Gasteiger partial charge in [0.1, 0.15) is 0 Å². The molecule has 2 aromatic rings. The molecule has 2 N–H and O–H groups in total. The summed E-state index contributed by atoms with van der Waals surface area (Å²) in [5.41, 5.74) is 1.34. The quantitative estimate of drug-likeness (QED) is 0.400. The van der Waals surface area contributed by atoms with Crippen LogP contribution in [0.4, 0.5) is 11.4 Å². The maximum atomic E-state index is 13.8. The van der Waals surface area contributed by atoms with Crippen molar-refractivity contribution in [1.82, 2.24) is 10.6 Å². The Labute approximate surface area is 185 Å². The Kier molecular flexibility index (Phi) is 6.57. The van der Waals surface area contributed by atoms with Crippen LogP contribution in [0.15, 0.2) is 36.4 Å². The topological polar surface area (TPSA) is 127 Å². The molecule has 0 unspecified atom stereocenters. The summed E-state index contributed by atoms with van der Waals surface area (Å²) in [7, 11) is 0. The van der Waals surface area contributed by atoms with Crippen molar-refractivity contribution in [2.45, 2.75) is 37.5 Å². The average Bonchev–Trinajstić information content (AvgIpc) is 2.83. The molecule has 168 valence electrons. The highest BCUT2D eigenvalue weighted by atomic mass is 16.6. The number of nitro groups is 2. The van der Waals surface area contributed by atoms with Gasteiger partial charge in [-0.05, 0) is 63.7 Å². The zero-order chi connectivity index (χ0) is 22.7. The summed E-state index contributed by atoms with van der Waals surface area (Å²) in [5, 5.41) is 30.1. The number of benzene rings is 2. The fraction of sp³-hybridized carbons (Fsp3) is 0.435. The van der Waals surface area contributed by atoms with Crippen LogP contribution in [0, 0.1) is 20.2 Å². The molecular formula is C23H26N4O5. The molecular weight excluding hydrogens is 412 g/mol. The molecule has 0 amide bonds. The number of ketones is 1. The van der Waals surface area contributed by atoms with Gasteiger partial charge >= 0.3 is 0 Å². The molecule has 32 heavy (non-hydrogen) atoms. The number of carbonyl (C=O) groups excluding carboxylic acids is 1. The van der Waals surface area contributed by atoms with Gasteiger partial charge in [0.2, 0.25) is 0 Å². The number of piperidine rings is 2. The van der Waals surface area contributed by atoms with Crippen LogP contribution in [0.25, 0.3) is 0 Å². The Balaban J connectivity index is 1.87. The van der Waals surface area contributed by atoms with E-state index < -0.39 is 9.85 Å². The van der Waals surface area contributed by atoms with Gasteiger partial charge in [-0.3, -0.25) is 25.0 Å². The summed E-state index contributed by atoms with van der Waals surface area (Å²) in [6.45, 7) is 2.89. The molecule has 0 aromatic heterocycles. The minimum absolute atomic E-state index is 0.0587. The highest BCUT2D eigenvalue weighted by molar-refractivity contribution is 6.12. The van der Waals surface area contributed by atoms with Gasteiger partial charge in [-0.15, -0.1) is 0 Å². The van der Waals surface area contributed by atoms with E-state index in [1.807, 2.05) is 0 Å². The van der Waals surface area contributed by atoms with Gasteiger partial charge in [0.25, 0.3) is 11.4 Å². The first-order valence-corrected chi connectivity index (χ1v) is 11.0. The minimum atomic E-state index is -0.435. The summed E-state index contributed by atoms with van der Waals surface area (Å²) < 4.78 is 0. The summed E-state index contributed by atoms with van der Waals surface area (Å²) in [6, 6.07) is 9.18. The lowest BCUT2D eigenvalue weighted by atomic mass is 9.80. The van der Waals surface area contributed by atoms with Crippen molar-refractivity contribution >= 4 is 17.2 Å². The second kappa shape index (κ2) is 9.54. The first-order valence-electron chi connectivity index (χ1n) is 11.0. The van der Waals surface area contributed by atoms with E-state index in [-0.39, 0.29) is 40.1 Å². The third-order valence-electron chi connectivity index (χ3n) is 6.54. The van der Waals surface area contributed by atoms with Gasteiger partial charge in [-0.1, -0.05) is 24.3 Å². The molecule has 9 heteroatoms. The molecule has 9 nitrogen and oxygen atoms in total. The van der Waals surface area contributed by atoms with Gasteiger partial charge in [0, 0.05) is 34.4 Å². The van der Waals surface area contributed by atoms with E-state index in [0.717, 1.165) is 26.2 Å². The van der Waals surface area contributed by atoms with Crippen LogP contribution in [0.5, 0.6) is 0 Å². The Morgan fingerprint density at radius 3 is 1.44 bits per heavy atom. The van der Waals surface area contributed by atoms with Crippen molar-refractivity contribution in [2.24, 2.45) is 0 Å². The number of nitrogens with zero attached hydrogens (tertiary/aromatic N) is 2. The first-order chi connectivity index (χ1) is 15.5. The maximum absolute atomic E-state index is 13.8. The Morgan fingerprint density at radius 1 is 0.719 bits per heavy atom. The molecule has 2 aromatic carbocycles. The van der Waals surface area contributed by atoms with Gasteiger partial charge in [-0.25, -0.2) is 0 Å². The van der Waals surface area contributed by atoms with Gasteiger partial charge in [0.05, 0.1) is 9.85 Å². The van der Waals surface area contributed by atoms with Crippen molar-refractivity contribution in [3.8, 4) is 0 Å². The molecule has 2 fully saturated rings. The lowest BCUT2D eigenvalue weighted by Gasteiger charge is -2.26. The number of nitro benzene ring substituents is 2. The van der Waals surface area contributed by atoms with Crippen LogP contribution in [0.3, 0.4) is 0 Å². The Bertz CT molecular complexity index is 961. The summed E-state index contributed by atoms with van der Waals surface area (Å²) in [4.78, 5) is 36.6. The summed E-state index contributed by atoms with van der Waals surface area (Å²) in [5.74, 6) is -0.602. The molecule has 0 spiro atoms. The largest absolute Gasteiger partial charge is 0.317 e. The van der Waals surface area contributed by atoms with Gasteiger partial charge in [-0.2, -0.15) is 0 Å². The van der Waals surface area contributed by atoms with Crippen molar-refractivity contribution in [3.63, 3.8) is 0 Å². The van der Waals surface area contributed by atoms with E-state index in [9.17, 15) is 25.0 Å². The van der Waals surface area contributed by atoms with Crippen LogP contribution in [-0.4, -0.2) is 41.8 Å². The van der Waals surface area contributed by atoms with E-state index in [0.29, 0.717) is 36.8 Å². The molecule has 2 aliphatic heterocycles. The number of carbonyl (C=O) groups is 1. The van der Waals surface area contributed by atoms with Crippen LogP contribution >= 0.6 is 0 Å². The van der Waals surface area contributed by atoms with Crippen LogP contribution < -0.4 is 10.6 Å². The third-order valence-corrected chi connectivity index (χ3v) is 6.54. The molecule has 2 saturated heterocycles. The van der Waals surface area contributed by atoms with Crippen LogP contribution in [-0.2, 0) is 0 Å². The van der Waals surface area contributed by atoms with E-state index in [4.69, 9.17) is 0 Å². The van der Waals surface area contributed by atoms with Crippen LogP contribution in [0.1, 0.15) is 64.6 Å². The minimum Gasteiger partial charge on any atom is -0.317 e. The van der Waals surface area contributed by atoms with Gasteiger partial charge in [0.15, 0.2) is 5.78 Å². The summed E-state index contributed by atoms with van der Waals surface area (Å²) >= 11 is 0. The number of nitrogens with one attached hydrogen (secondary N) is 2. The molecule has 2 aliphatic rings. The van der Waals surface area contributed by atoms with Crippen molar-refractivity contribution in [2.75, 3.05) is 26.2 Å². The molecule has 0 atom stereocenters. The standard InChI is InChI=1S/C23H26N4O5/c28-23(17-3-1-5-19(26(29)30)21(17)15-7-11-24-12-8-15)18-4-2-6-20(27(31)32)22(18)16-9-13-25-14-10-16/h1-6,15-16,24-25H,7-14H2. The van der Waals surface area contributed by atoms with Crippen molar-refractivity contribution in [3.05, 3.63) is 78.9 Å². The molecule has 2 heterocycles.